The van der Waals surface area contributed by atoms with Gasteiger partial charge in [-0.3, -0.25) is 4.68 Å². The zero-order valence-corrected chi connectivity index (χ0v) is 10.9. The van der Waals surface area contributed by atoms with Crippen molar-refractivity contribution in [2.45, 2.75) is 20.4 Å². The van der Waals surface area contributed by atoms with E-state index in [4.69, 9.17) is 16.7 Å². The zero-order valence-electron chi connectivity index (χ0n) is 10.1. The van der Waals surface area contributed by atoms with Crippen molar-refractivity contribution in [3.05, 3.63) is 51.8 Å². The van der Waals surface area contributed by atoms with Crippen LogP contribution in [-0.2, 0) is 6.54 Å². The summed E-state index contributed by atoms with van der Waals surface area (Å²) in [6, 6.07) is 5.08. The molecule has 1 heterocycles. The minimum Gasteiger partial charge on any atom is -0.478 e. The Morgan fingerprint density at radius 1 is 1.44 bits per heavy atom. The van der Waals surface area contributed by atoms with Crippen molar-refractivity contribution < 1.29 is 9.90 Å². The molecule has 0 radical (unpaired) electrons. The smallest absolute Gasteiger partial charge is 0.335 e. The van der Waals surface area contributed by atoms with Crippen LogP contribution in [0.1, 0.15) is 27.2 Å². The summed E-state index contributed by atoms with van der Waals surface area (Å²) >= 11 is 5.94. The number of carbonyl (C=O) groups is 1. The number of aromatic nitrogens is 2. The second-order valence-electron chi connectivity index (χ2n) is 4.18. The first-order chi connectivity index (χ1) is 8.49. The molecule has 18 heavy (non-hydrogen) atoms. The molecule has 0 saturated heterocycles. The van der Waals surface area contributed by atoms with E-state index in [2.05, 4.69) is 5.10 Å². The van der Waals surface area contributed by atoms with Gasteiger partial charge in [-0.15, -0.1) is 0 Å². The number of rotatable bonds is 3. The van der Waals surface area contributed by atoms with E-state index >= 15 is 0 Å². The number of carboxylic acids is 1. The third-order valence-electron chi connectivity index (χ3n) is 2.95. The Labute approximate surface area is 110 Å². The van der Waals surface area contributed by atoms with Crippen molar-refractivity contribution in [2.75, 3.05) is 0 Å². The lowest BCUT2D eigenvalue weighted by Crippen LogP contribution is -2.06. The molecule has 4 nitrogen and oxygen atoms in total. The van der Waals surface area contributed by atoms with Crippen LogP contribution in [0.5, 0.6) is 0 Å². The van der Waals surface area contributed by atoms with Crippen LogP contribution in [0.15, 0.2) is 24.4 Å². The number of carboxylic acid groups (broad SMARTS) is 1. The molecular weight excluding hydrogens is 252 g/mol. The lowest BCUT2D eigenvalue weighted by atomic mass is 10.1. The molecule has 2 rings (SSSR count). The lowest BCUT2D eigenvalue weighted by molar-refractivity contribution is 0.0697. The number of benzene rings is 1. The Bertz CT molecular complexity index is 605. The first kappa shape index (κ1) is 12.6. The first-order valence-electron chi connectivity index (χ1n) is 5.50. The fourth-order valence-corrected chi connectivity index (χ4v) is 1.89. The lowest BCUT2D eigenvalue weighted by Gasteiger charge is -2.08. The normalized spacial score (nSPS) is 10.6. The number of hydrogen-bond donors (Lipinski definition) is 1. The molecule has 0 fully saturated rings. The van der Waals surface area contributed by atoms with Gasteiger partial charge in [0.05, 0.1) is 29.0 Å². The van der Waals surface area contributed by atoms with Crippen LogP contribution < -0.4 is 0 Å². The molecule has 94 valence electrons. The summed E-state index contributed by atoms with van der Waals surface area (Å²) in [5.41, 5.74) is 3.16. The molecular formula is C13H13ClN2O2. The van der Waals surface area contributed by atoms with Crippen molar-refractivity contribution in [1.82, 2.24) is 9.78 Å². The van der Waals surface area contributed by atoms with Crippen molar-refractivity contribution in [2.24, 2.45) is 0 Å². The van der Waals surface area contributed by atoms with Gasteiger partial charge in [0.15, 0.2) is 0 Å². The SMILES string of the molecule is Cc1cc(C(=O)O)ccc1Cn1ncc(Cl)c1C. The minimum absolute atomic E-state index is 0.298. The molecule has 0 unspecified atom stereocenters. The van der Waals surface area contributed by atoms with E-state index in [-0.39, 0.29) is 0 Å². The van der Waals surface area contributed by atoms with Gasteiger partial charge >= 0.3 is 5.97 Å². The quantitative estimate of drug-likeness (QED) is 0.927. The van der Waals surface area contributed by atoms with E-state index in [0.717, 1.165) is 16.8 Å². The van der Waals surface area contributed by atoms with Crippen molar-refractivity contribution >= 4 is 17.6 Å². The van der Waals surface area contributed by atoms with E-state index in [9.17, 15) is 4.79 Å². The van der Waals surface area contributed by atoms with E-state index in [1.807, 2.05) is 19.9 Å². The monoisotopic (exact) mass is 264 g/mol. The third kappa shape index (κ3) is 2.38. The minimum atomic E-state index is -0.914. The fourth-order valence-electron chi connectivity index (χ4n) is 1.75. The van der Waals surface area contributed by atoms with E-state index in [0.29, 0.717) is 17.1 Å². The summed E-state index contributed by atoms with van der Waals surface area (Å²) < 4.78 is 1.80. The molecule has 0 aliphatic rings. The number of nitrogens with zero attached hydrogens (tertiary/aromatic N) is 2. The maximum Gasteiger partial charge on any atom is 0.335 e. The van der Waals surface area contributed by atoms with E-state index in [1.54, 1.807) is 23.0 Å². The van der Waals surface area contributed by atoms with Gasteiger partial charge in [-0.25, -0.2) is 4.79 Å². The van der Waals surface area contributed by atoms with Crippen LogP contribution in [0.2, 0.25) is 5.02 Å². The van der Waals surface area contributed by atoms with Crippen LogP contribution >= 0.6 is 11.6 Å². The summed E-state index contributed by atoms with van der Waals surface area (Å²) in [5, 5.41) is 13.7. The summed E-state index contributed by atoms with van der Waals surface area (Å²) in [4.78, 5) is 10.8. The molecule has 0 aliphatic carbocycles. The topological polar surface area (TPSA) is 55.1 Å². The van der Waals surface area contributed by atoms with Gasteiger partial charge in [-0.05, 0) is 37.1 Å². The highest BCUT2D eigenvalue weighted by Gasteiger charge is 2.08. The predicted molar refractivity (Wildman–Crippen MR) is 69.2 cm³/mol. The molecule has 0 saturated carbocycles. The highest BCUT2D eigenvalue weighted by atomic mass is 35.5. The number of aromatic carboxylic acids is 1. The molecule has 1 aromatic heterocycles. The van der Waals surface area contributed by atoms with Crippen LogP contribution in [0, 0.1) is 13.8 Å². The highest BCUT2D eigenvalue weighted by molar-refractivity contribution is 6.31. The van der Waals surface area contributed by atoms with E-state index < -0.39 is 5.97 Å². The summed E-state index contributed by atoms with van der Waals surface area (Å²) in [6.07, 6.45) is 1.61. The molecule has 0 atom stereocenters. The van der Waals surface area contributed by atoms with E-state index in [1.165, 1.54) is 0 Å². The second kappa shape index (κ2) is 4.82. The van der Waals surface area contributed by atoms with Gasteiger partial charge in [-0.2, -0.15) is 5.10 Å². The van der Waals surface area contributed by atoms with Crippen molar-refractivity contribution in [3.8, 4) is 0 Å². The van der Waals surface area contributed by atoms with Crippen molar-refractivity contribution in [1.29, 1.82) is 0 Å². The van der Waals surface area contributed by atoms with Gasteiger partial charge in [0.2, 0.25) is 0 Å². The Balaban J connectivity index is 2.30. The third-order valence-corrected chi connectivity index (χ3v) is 3.32. The largest absolute Gasteiger partial charge is 0.478 e. The summed E-state index contributed by atoms with van der Waals surface area (Å²) in [5.74, 6) is -0.914. The van der Waals surface area contributed by atoms with Crippen LogP contribution in [0.25, 0.3) is 0 Å². The van der Waals surface area contributed by atoms with Gasteiger partial charge < -0.3 is 5.11 Å². The van der Waals surface area contributed by atoms with Crippen LogP contribution in [0.3, 0.4) is 0 Å². The van der Waals surface area contributed by atoms with Gasteiger partial charge in [-0.1, -0.05) is 17.7 Å². The Kier molecular flexibility index (Phi) is 3.39. The zero-order chi connectivity index (χ0) is 13.3. The number of aryl methyl sites for hydroxylation is 1. The van der Waals surface area contributed by atoms with Crippen molar-refractivity contribution in [3.63, 3.8) is 0 Å². The second-order valence-corrected chi connectivity index (χ2v) is 4.59. The highest BCUT2D eigenvalue weighted by Crippen LogP contribution is 2.17. The Morgan fingerprint density at radius 2 is 2.17 bits per heavy atom. The van der Waals surface area contributed by atoms with Gasteiger partial charge in [0.25, 0.3) is 0 Å². The number of halogens is 1. The average Bonchev–Trinajstić information content (AvgIpc) is 2.63. The standard InChI is InChI=1S/C13H13ClN2O2/c1-8-5-10(13(17)18)3-4-11(8)7-16-9(2)12(14)6-15-16/h3-6H,7H2,1-2H3,(H,17,18). The van der Waals surface area contributed by atoms with Gasteiger partial charge in [0.1, 0.15) is 0 Å². The summed E-state index contributed by atoms with van der Waals surface area (Å²) in [7, 11) is 0. The molecule has 0 amide bonds. The molecule has 5 heteroatoms. The predicted octanol–water partition coefficient (Wildman–Crippen LogP) is 2.90. The molecule has 0 aliphatic heterocycles. The Hall–Kier alpha value is -1.81. The molecule has 2 aromatic rings. The first-order valence-corrected chi connectivity index (χ1v) is 5.87. The molecule has 1 N–H and O–H groups in total. The summed E-state index contributed by atoms with van der Waals surface area (Å²) in [6.45, 7) is 4.38. The van der Waals surface area contributed by atoms with Crippen LogP contribution in [-0.4, -0.2) is 20.9 Å². The Morgan fingerprint density at radius 3 is 2.67 bits per heavy atom. The molecule has 0 bridgehead atoms. The molecule has 0 spiro atoms. The van der Waals surface area contributed by atoms with Gasteiger partial charge in [0, 0.05) is 0 Å². The average molecular weight is 265 g/mol. The fraction of sp³-hybridized carbons (Fsp3) is 0.231. The maximum atomic E-state index is 10.8. The maximum absolute atomic E-state index is 10.8. The van der Waals surface area contributed by atoms with Crippen LogP contribution in [0.4, 0.5) is 0 Å². The number of hydrogen-bond acceptors (Lipinski definition) is 2. The molecule has 1 aromatic carbocycles.